The van der Waals surface area contributed by atoms with Crippen LogP contribution >= 0.6 is 24.4 Å². The van der Waals surface area contributed by atoms with Crippen LogP contribution in [0, 0.1) is 5.41 Å². The minimum atomic E-state index is 0.385. The Hall–Kier alpha value is -0.740. The average Bonchev–Trinajstić information content (AvgIpc) is 2.79. The van der Waals surface area contributed by atoms with Gasteiger partial charge in [0.25, 0.3) is 0 Å². The molecule has 1 aliphatic carbocycles. The van der Waals surface area contributed by atoms with Crippen molar-refractivity contribution < 1.29 is 0 Å². The zero-order valence-electron chi connectivity index (χ0n) is 12.3. The molecule has 2 aromatic rings. The van der Waals surface area contributed by atoms with Crippen LogP contribution in [-0.2, 0) is 0 Å². The summed E-state index contributed by atoms with van der Waals surface area (Å²) < 4.78 is 0. The fourth-order valence-corrected chi connectivity index (χ4v) is 5.01. The van der Waals surface area contributed by atoms with E-state index in [4.69, 9.17) is 0 Å². The maximum Gasteiger partial charge on any atom is 0.117 e. The van der Waals surface area contributed by atoms with Gasteiger partial charge >= 0.3 is 0 Å². The summed E-state index contributed by atoms with van der Waals surface area (Å²) in [5.74, 6) is 2.11. The summed E-state index contributed by atoms with van der Waals surface area (Å²) in [5, 5.41) is 2.29. The van der Waals surface area contributed by atoms with E-state index in [9.17, 15) is 0 Å². The van der Waals surface area contributed by atoms with Crippen LogP contribution in [0.25, 0.3) is 10.9 Å². The standard InChI is InChI=1S/C17H22N2S2/c20-11-17(9-5-1-2-6-10-17)12-21-16-14-7-3-4-8-15(14)18-13-19-16/h3-4,7-8,13,20H,1-2,5-6,9-12H2. The van der Waals surface area contributed by atoms with Crippen molar-refractivity contribution in [1.82, 2.24) is 9.97 Å². The summed E-state index contributed by atoms with van der Waals surface area (Å²) >= 11 is 6.56. The minimum Gasteiger partial charge on any atom is -0.236 e. The van der Waals surface area contributed by atoms with Gasteiger partial charge in [-0.2, -0.15) is 12.6 Å². The van der Waals surface area contributed by atoms with E-state index in [2.05, 4.69) is 40.8 Å². The van der Waals surface area contributed by atoms with Gasteiger partial charge in [-0.3, -0.25) is 0 Å². The van der Waals surface area contributed by atoms with E-state index in [0.717, 1.165) is 22.0 Å². The van der Waals surface area contributed by atoms with E-state index in [-0.39, 0.29) is 0 Å². The number of aromatic nitrogens is 2. The molecular formula is C17H22N2S2. The molecule has 0 N–H and O–H groups in total. The van der Waals surface area contributed by atoms with Crippen molar-refractivity contribution in [3.05, 3.63) is 30.6 Å². The first-order valence-electron chi connectivity index (χ1n) is 7.76. The first kappa shape index (κ1) is 15.2. The Morgan fingerprint density at radius 3 is 2.57 bits per heavy atom. The lowest BCUT2D eigenvalue weighted by molar-refractivity contribution is 0.332. The molecule has 0 bridgehead atoms. The summed E-state index contributed by atoms with van der Waals surface area (Å²) in [7, 11) is 0. The Kier molecular flexibility index (Phi) is 5.07. The predicted octanol–water partition coefficient (Wildman–Crippen LogP) is 4.99. The number of thiol groups is 1. The maximum absolute atomic E-state index is 4.67. The van der Waals surface area contributed by atoms with Crippen molar-refractivity contribution in [2.24, 2.45) is 5.41 Å². The Balaban J connectivity index is 1.78. The fourth-order valence-electron chi connectivity index (χ4n) is 3.14. The van der Waals surface area contributed by atoms with Gasteiger partial charge < -0.3 is 0 Å². The highest BCUT2D eigenvalue weighted by molar-refractivity contribution is 7.99. The molecule has 3 rings (SSSR count). The monoisotopic (exact) mass is 318 g/mol. The van der Waals surface area contributed by atoms with Crippen LogP contribution in [0.1, 0.15) is 38.5 Å². The topological polar surface area (TPSA) is 25.8 Å². The van der Waals surface area contributed by atoms with Crippen LogP contribution in [0.2, 0.25) is 0 Å². The van der Waals surface area contributed by atoms with Crippen molar-refractivity contribution in [1.29, 1.82) is 0 Å². The lowest BCUT2D eigenvalue weighted by atomic mass is 9.84. The molecule has 4 heteroatoms. The quantitative estimate of drug-likeness (QED) is 0.372. The Labute approximate surface area is 136 Å². The van der Waals surface area contributed by atoms with Crippen LogP contribution < -0.4 is 0 Å². The van der Waals surface area contributed by atoms with Gasteiger partial charge in [0.15, 0.2) is 0 Å². The molecule has 1 aromatic carbocycles. The van der Waals surface area contributed by atoms with Crippen LogP contribution in [-0.4, -0.2) is 21.5 Å². The third kappa shape index (κ3) is 3.54. The molecule has 0 radical (unpaired) electrons. The molecule has 0 atom stereocenters. The zero-order valence-corrected chi connectivity index (χ0v) is 14.0. The van der Waals surface area contributed by atoms with Gasteiger partial charge in [-0.05, 0) is 30.1 Å². The molecule has 0 unspecified atom stereocenters. The Morgan fingerprint density at radius 1 is 1.05 bits per heavy atom. The normalized spacial score (nSPS) is 18.5. The summed E-state index contributed by atoms with van der Waals surface area (Å²) in [6, 6.07) is 8.28. The van der Waals surface area contributed by atoms with E-state index in [0.29, 0.717) is 5.41 Å². The van der Waals surface area contributed by atoms with Crippen LogP contribution in [0.5, 0.6) is 0 Å². The first-order chi connectivity index (χ1) is 10.3. The molecule has 1 saturated carbocycles. The Morgan fingerprint density at radius 2 is 1.81 bits per heavy atom. The van der Waals surface area contributed by atoms with Crippen LogP contribution in [0.4, 0.5) is 0 Å². The van der Waals surface area contributed by atoms with Gasteiger partial charge in [0.1, 0.15) is 11.4 Å². The van der Waals surface area contributed by atoms with Crippen molar-refractivity contribution >= 4 is 35.3 Å². The second-order valence-corrected chi connectivity index (χ2v) is 7.34. The van der Waals surface area contributed by atoms with E-state index in [1.807, 2.05) is 17.8 Å². The van der Waals surface area contributed by atoms with E-state index in [1.165, 1.54) is 43.9 Å². The van der Waals surface area contributed by atoms with Crippen molar-refractivity contribution in [3.63, 3.8) is 0 Å². The number of rotatable bonds is 4. The highest BCUT2D eigenvalue weighted by Gasteiger charge is 2.30. The van der Waals surface area contributed by atoms with Gasteiger partial charge in [0, 0.05) is 11.1 Å². The van der Waals surface area contributed by atoms with E-state index >= 15 is 0 Å². The number of nitrogens with zero attached hydrogens (tertiary/aromatic N) is 2. The van der Waals surface area contributed by atoms with Gasteiger partial charge in [-0.25, -0.2) is 9.97 Å². The van der Waals surface area contributed by atoms with E-state index < -0.39 is 0 Å². The predicted molar refractivity (Wildman–Crippen MR) is 94.3 cm³/mol. The molecule has 0 saturated heterocycles. The molecule has 2 nitrogen and oxygen atoms in total. The molecule has 112 valence electrons. The van der Waals surface area contributed by atoms with Gasteiger partial charge in [-0.1, -0.05) is 43.9 Å². The summed E-state index contributed by atoms with van der Waals surface area (Å²) in [6.07, 6.45) is 9.79. The second kappa shape index (κ2) is 7.01. The number of hydrogen-bond donors (Lipinski definition) is 1. The SMILES string of the molecule is SCC1(CSc2ncnc3ccccc23)CCCCCC1. The number of benzene rings is 1. The number of para-hydroxylation sites is 1. The summed E-state index contributed by atoms with van der Waals surface area (Å²) in [4.78, 5) is 8.86. The van der Waals surface area contributed by atoms with E-state index in [1.54, 1.807) is 6.33 Å². The summed E-state index contributed by atoms with van der Waals surface area (Å²) in [5.41, 5.74) is 1.42. The van der Waals surface area contributed by atoms with Gasteiger partial charge in [-0.15, -0.1) is 11.8 Å². The first-order valence-corrected chi connectivity index (χ1v) is 9.38. The molecule has 1 aliphatic rings. The highest BCUT2D eigenvalue weighted by atomic mass is 32.2. The van der Waals surface area contributed by atoms with Crippen molar-refractivity contribution in [3.8, 4) is 0 Å². The molecule has 0 amide bonds. The maximum atomic E-state index is 4.67. The third-order valence-corrected chi connectivity index (χ3v) is 6.55. The molecule has 0 aliphatic heterocycles. The van der Waals surface area contributed by atoms with Crippen molar-refractivity contribution in [2.45, 2.75) is 43.6 Å². The summed E-state index contributed by atoms with van der Waals surface area (Å²) in [6.45, 7) is 0. The average molecular weight is 319 g/mol. The second-order valence-electron chi connectivity index (χ2n) is 6.06. The highest BCUT2D eigenvalue weighted by Crippen LogP contribution is 2.41. The van der Waals surface area contributed by atoms with Gasteiger partial charge in [0.05, 0.1) is 5.52 Å². The van der Waals surface area contributed by atoms with Crippen LogP contribution in [0.3, 0.4) is 0 Å². The molecule has 1 aromatic heterocycles. The number of thioether (sulfide) groups is 1. The lowest BCUT2D eigenvalue weighted by Gasteiger charge is -2.30. The number of fused-ring (bicyclic) bond motifs is 1. The number of hydrogen-bond acceptors (Lipinski definition) is 4. The van der Waals surface area contributed by atoms with Gasteiger partial charge in [0.2, 0.25) is 0 Å². The molecular weight excluding hydrogens is 296 g/mol. The zero-order chi connectivity index (χ0) is 14.5. The van der Waals surface area contributed by atoms with Crippen LogP contribution in [0.15, 0.2) is 35.6 Å². The molecule has 1 heterocycles. The third-order valence-electron chi connectivity index (χ3n) is 4.52. The smallest absolute Gasteiger partial charge is 0.117 e. The van der Waals surface area contributed by atoms with Crippen molar-refractivity contribution in [2.75, 3.05) is 11.5 Å². The largest absolute Gasteiger partial charge is 0.236 e. The minimum absolute atomic E-state index is 0.385. The lowest BCUT2D eigenvalue weighted by Crippen LogP contribution is -2.25. The molecule has 21 heavy (non-hydrogen) atoms. The molecule has 1 fully saturated rings. The molecule has 0 spiro atoms. The Bertz CT molecular complexity index is 587. The fraction of sp³-hybridized carbons (Fsp3) is 0.529.